The fraction of sp³-hybridized carbons (Fsp3) is 0.381. The second kappa shape index (κ2) is 8.83. The molecule has 0 radical (unpaired) electrons. The zero-order chi connectivity index (χ0) is 21.2. The van der Waals surface area contributed by atoms with Crippen LogP contribution in [-0.4, -0.2) is 56.3 Å². The SMILES string of the molecule is Cc1cc(C)c(NC(=O)CN2CCN(S(=O)(=O)c3ccc(Cl)cc3)CC2)c(C)c1. The van der Waals surface area contributed by atoms with E-state index >= 15 is 0 Å². The number of hydrogen-bond donors (Lipinski definition) is 1. The van der Waals surface area contributed by atoms with E-state index in [4.69, 9.17) is 11.6 Å². The molecule has 0 atom stereocenters. The van der Waals surface area contributed by atoms with Crippen LogP contribution in [0.5, 0.6) is 0 Å². The van der Waals surface area contributed by atoms with Crippen molar-refractivity contribution < 1.29 is 13.2 Å². The van der Waals surface area contributed by atoms with Crippen molar-refractivity contribution in [2.45, 2.75) is 25.7 Å². The van der Waals surface area contributed by atoms with Crippen LogP contribution in [0.15, 0.2) is 41.3 Å². The Morgan fingerprint density at radius 2 is 1.55 bits per heavy atom. The summed E-state index contributed by atoms with van der Waals surface area (Å²) in [4.78, 5) is 14.7. The summed E-state index contributed by atoms with van der Waals surface area (Å²) < 4.78 is 27.0. The molecule has 1 amide bonds. The van der Waals surface area contributed by atoms with E-state index < -0.39 is 10.0 Å². The Morgan fingerprint density at radius 1 is 1.00 bits per heavy atom. The number of rotatable bonds is 5. The largest absolute Gasteiger partial charge is 0.324 e. The van der Waals surface area contributed by atoms with Crippen molar-refractivity contribution in [3.8, 4) is 0 Å². The molecule has 0 saturated carbocycles. The number of sulfonamides is 1. The Kier molecular flexibility index (Phi) is 6.63. The molecule has 0 aliphatic carbocycles. The number of anilines is 1. The fourth-order valence-electron chi connectivity index (χ4n) is 3.64. The predicted octanol–water partition coefficient (Wildman–Crippen LogP) is 3.21. The van der Waals surface area contributed by atoms with Crippen molar-refractivity contribution in [1.29, 1.82) is 0 Å². The van der Waals surface area contributed by atoms with E-state index in [0.29, 0.717) is 31.2 Å². The van der Waals surface area contributed by atoms with E-state index in [9.17, 15) is 13.2 Å². The number of carbonyl (C=O) groups excluding carboxylic acids is 1. The molecule has 0 unspecified atom stereocenters. The number of carbonyl (C=O) groups is 1. The van der Waals surface area contributed by atoms with Gasteiger partial charge in [0.15, 0.2) is 0 Å². The van der Waals surface area contributed by atoms with Gasteiger partial charge in [0.05, 0.1) is 11.4 Å². The number of halogens is 1. The van der Waals surface area contributed by atoms with Crippen molar-refractivity contribution in [3.63, 3.8) is 0 Å². The summed E-state index contributed by atoms with van der Waals surface area (Å²) in [6.45, 7) is 7.94. The molecule has 1 fully saturated rings. The lowest BCUT2D eigenvalue weighted by Gasteiger charge is -2.33. The smallest absolute Gasteiger partial charge is 0.243 e. The lowest BCUT2D eigenvalue weighted by molar-refractivity contribution is -0.117. The average Bonchev–Trinajstić information content (AvgIpc) is 2.65. The minimum atomic E-state index is -3.55. The molecule has 156 valence electrons. The highest BCUT2D eigenvalue weighted by atomic mass is 35.5. The quantitative estimate of drug-likeness (QED) is 0.782. The summed E-state index contributed by atoms with van der Waals surface area (Å²) >= 11 is 5.85. The summed E-state index contributed by atoms with van der Waals surface area (Å²) in [5, 5.41) is 3.50. The molecule has 1 saturated heterocycles. The maximum Gasteiger partial charge on any atom is 0.243 e. The Balaban J connectivity index is 1.57. The minimum absolute atomic E-state index is 0.0888. The van der Waals surface area contributed by atoms with E-state index in [-0.39, 0.29) is 17.3 Å². The Hall–Kier alpha value is -1.93. The molecule has 1 N–H and O–H groups in total. The molecule has 0 bridgehead atoms. The number of aryl methyl sites for hydroxylation is 3. The third kappa shape index (κ3) is 5.17. The first-order valence-electron chi connectivity index (χ1n) is 9.52. The van der Waals surface area contributed by atoms with Crippen LogP contribution in [0.25, 0.3) is 0 Å². The summed E-state index contributed by atoms with van der Waals surface area (Å²) in [5.41, 5.74) is 4.09. The molecule has 0 spiro atoms. The fourth-order valence-corrected chi connectivity index (χ4v) is 5.19. The second-order valence-electron chi connectivity index (χ2n) is 7.46. The molecule has 29 heavy (non-hydrogen) atoms. The second-order valence-corrected chi connectivity index (χ2v) is 9.83. The van der Waals surface area contributed by atoms with E-state index in [1.165, 1.54) is 16.4 Å². The normalized spacial score (nSPS) is 16.0. The summed E-state index contributed by atoms with van der Waals surface area (Å²) in [7, 11) is -3.55. The Morgan fingerprint density at radius 3 is 2.10 bits per heavy atom. The van der Waals surface area contributed by atoms with Crippen molar-refractivity contribution in [3.05, 3.63) is 58.1 Å². The van der Waals surface area contributed by atoms with E-state index in [1.807, 2.05) is 37.8 Å². The van der Waals surface area contributed by atoms with Gasteiger partial charge < -0.3 is 5.32 Å². The van der Waals surface area contributed by atoms with Crippen LogP contribution in [0.3, 0.4) is 0 Å². The lowest BCUT2D eigenvalue weighted by Crippen LogP contribution is -2.50. The van der Waals surface area contributed by atoms with Gasteiger partial charge in [0.25, 0.3) is 0 Å². The third-order valence-corrected chi connectivity index (χ3v) is 7.26. The van der Waals surface area contributed by atoms with E-state index in [0.717, 1.165) is 22.4 Å². The molecule has 1 heterocycles. The monoisotopic (exact) mass is 435 g/mol. The molecule has 8 heteroatoms. The maximum absolute atomic E-state index is 12.8. The van der Waals surface area contributed by atoms with Gasteiger partial charge in [0, 0.05) is 36.9 Å². The van der Waals surface area contributed by atoms with Gasteiger partial charge in [-0.1, -0.05) is 29.3 Å². The molecular formula is C21H26ClN3O3S. The van der Waals surface area contributed by atoms with Gasteiger partial charge in [-0.2, -0.15) is 4.31 Å². The van der Waals surface area contributed by atoms with Gasteiger partial charge in [-0.15, -0.1) is 0 Å². The molecule has 6 nitrogen and oxygen atoms in total. The van der Waals surface area contributed by atoms with Crippen molar-refractivity contribution in [2.24, 2.45) is 0 Å². The average molecular weight is 436 g/mol. The summed E-state index contributed by atoms with van der Waals surface area (Å²) in [6.07, 6.45) is 0. The number of amides is 1. The zero-order valence-electron chi connectivity index (χ0n) is 16.9. The highest BCUT2D eigenvalue weighted by Crippen LogP contribution is 2.22. The Bertz CT molecular complexity index is 975. The first kappa shape index (κ1) is 21.8. The topological polar surface area (TPSA) is 69.7 Å². The van der Waals surface area contributed by atoms with Crippen LogP contribution in [-0.2, 0) is 14.8 Å². The molecule has 2 aromatic carbocycles. The van der Waals surface area contributed by atoms with Crippen molar-refractivity contribution in [2.75, 3.05) is 38.0 Å². The van der Waals surface area contributed by atoms with Crippen molar-refractivity contribution in [1.82, 2.24) is 9.21 Å². The van der Waals surface area contributed by atoms with Crippen LogP contribution in [0.1, 0.15) is 16.7 Å². The molecule has 2 aromatic rings. The van der Waals surface area contributed by atoms with E-state index in [2.05, 4.69) is 5.32 Å². The maximum atomic E-state index is 12.8. The number of hydrogen-bond acceptors (Lipinski definition) is 4. The summed E-state index contributed by atoms with van der Waals surface area (Å²) in [6, 6.07) is 10.3. The van der Waals surface area contributed by atoms with Crippen LogP contribution in [0, 0.1) is 20.8 Å². The molecule has 1 aliphatic heterocycles. The first-order valence-corrected chi connectivity index (χ1v) is 11.3. The number of nitrogens with zero attached hydrogens (tertiary/aromatic N) is 2. The van der Waals surface area contributed by atoms with Crippen LogP contribution in [0.4, 0.5) is 5.69 Å². The molecule has 1 aliphatic rings. The first-order chi connectivity index (χ1) is 13.7. The van der Waals surface area contributed by atoms with Gasteiger partial charge in [-0.3, -0.25) is 9.69 Å². The van der Waals surface area contributed by atoms with E-state index in [1.54, 1.807) is 12.1 Å². The van der Waals surface area contributed by atoms with Crippen LogP contribution >= 0.6 is 11.6 Å². The van der Waals surface area contributed by atoms with Crippen LogP contribution < -0.4 is 5.32 Å². The predicted molar refractivity (Wildman–Crippen MR) is 116 cm³/mol. The van der Waals surface area contributed by atoms with Gasteiger partial charge in [-0.05, 0) is 56.2 Å². The highest BCUT2D eigenvalue weighted by molar-refractivity contribution is 7.89. The number of nitrogens with one attached hydrogen (secondary N) is 1. The van der Waals surface area contributed by atoms with Crippen molar-refractivity contribution >= 4 is 33.2 Å². The standard InChI is InChI=1S/C21H26ClN3O3S/c1-15-12-16(2)21(17(3)13-15)23-20(26)14-24-8-10-25(11-9-24)29(27,28)19-6-4-18(22)5-7-19/h4-7,12-13H,8-11,14H2,1-3H3,(H,23,26). The van der Waals surface area contributed by atoms with Gasteiger partial charge in [0.1, 0.15) is 0 Å². The minimum Gasteiger partial charge on any atom is -0.324 e. The highest BCUT2D eigenvalue weighted by Gasteiger charge is 2.29. The van der Waals surface area contributed by atoms with Gasteiger partial charge in [0.2, 0.25) is 15.9 Å². The Labute approximate surface area is 177 Å². The van der Waals surface area contributed by atoms with Gasteiger partial charge >= 0.3 is 0 Å². The lowest BCUT2D eigenvalue weighted by atomic mass is 10.1. The molecule has 3 rings (SSSR count). The summed E-state index contributed by atoms with van der Waals surface area (Å²) in [5.74, 6) is -0.0888. The van der Waals surface area contributed by atoms with Gasteiger partial charge in [-0.25, -0.2) is 8.42 Å². The number of piperazine rings is 1. The van der Waals surface area contributed by atoms with Crippen LogP contribution in [0.2, 0.25) is 5.02 Å². The molecular weight excluding hydrogens is 410 g/mol. The third-order valence-electron chi connectivity index (χ3n) is 5.09. The number of benzene rings is 2. The molecule has 0 aromatic heterocycles. The zero-order valence-corrected chi connectivity index (χ0v) is 18.5.